The molecular formula is C25H23NO3. The maximum atomic E-state index is 12.9. The number of benzene rings is 3. The van der Waals surface area contributed by atoms with E-state index in [4.69, 9.17) is 0 Å². The van der Waals surface area contributed by atoms with Gasteiger partial charge >= 0.3 is 0 Å². The number of amides is 1. The second kappa shape index (κ2) is 7.92. The number of carbonyl (C=O) groups is 2. The van der Waals surface area contributed by atoms with Crippen LogP contribution in [0.15, 0.2) is 78.4 Å². The van der Waals surface area contributed by atoms with Crippen molar-refractivity contribution in [3.63, 3.8) is 0 Å². The Labute approximate surface area is 170 Å². The quantitative estimate of drug-likeness (QED) is 0.379. The number of fused-ring (bicyclic) bond motifs is 1. The van der Waals surface area contributed by atoms with Crippen molar-refractivity contribution in [3.05, 3.63) is 89.5 Å². The first-order chi connectivity index (χ1) is 14.1. The van der Waals surface area contributed by atoms with Gasteiger partial charge in [-0.25, -0.2) is 0 Å². The maximum Gasteiger partial charge on any atom is 0.295 e. The number of aliphatic hydroxyl groups excluding tert-OH is 1. The molecule has 29 heavy (non-hydrogen) atoms. The molecule has 0 aromatic heterocycles. The number of hydrogen-bond donors (Lipinski definition) is 1. The minimum absolute atomic E-state index is 0.123. The topological polar surface area (TPSA) is 57.6 Å². The van der Waals surface area contributed by atoms with Gasteiger partial charge in [0, 0.05) is 12.1 Å². The number of carbonyl (C=O) groups excluding carboxylic acids is 2. The molecule has 146 valence electrons. The van der Waals surface area contributed by atoms with Crippen LogP contribution >= 0.6 is 0 Å². The second-order valence-corrected chi connectivity index (χ2v) is 7.32. The van der Waals surface area contributed by atoms with Crippen molar-refractivity contribution >= 4 is 28.2 Å². The van der Waals surface area contributed by atoms with E-state index in [1.807, 2.05) is 73.7 Å². The molecule has 1 unspecified atom stereocenters. The van der Waals surface area contributed by atoms with E-state index in [-0.39, 0.29) is 11.3 Å². The highest BCUT2D eigenvalue weighted by Gasteiger charge is 2.45. The molecule has 0 aliphatic carbocycles. The van der Waals surface area contributed by atoms with E-state index in [0.29, 0.717) is 12.1 Å². The highest BCUT2D eigenvalue weighted by molar-refractivity contribution is 6.46. The van der Waals surface area contributed by atoms with Gasteiger partial charge in [0.05, 0.1) is 11.6 Å². The number of likely N-dealkylation sites (tertiary alicyclic amines) is 1. The first-order valence-corrected chi connectivity index (χ1v) is 9.94. The first kappa shape index (κ1) is 18.9. The van der Waals surface area contributed by atoms with Crippen LogP contribution in [0, 0.1) is 0 Å². The molecular weight excluding hydrogens is 362 g/mol. The average molecular weight is 385 g/mol. The summed E-state index contributed by atoms with van der Waals surface area (Å²) in [6, 6.07) is 22.3. The predicted molar refractivity (Wildman–Crippen MR) is 114 cm³/mol. The molecule has 1 saturated heterocycles. The van der Waals surface area contributed by atoms with Gasteiger partial charge in [-0.2, -0.15) is 0 Å². The fraction of sp³-hybridized carbons (Fsp3) is 0.200. The molecule has 1 aliphatic heterocycles. The number of hydrogen-bond acceptors (Lipinski definition) is 3. The average Bonchev–Trinajstić information content (AvgIpc) is 3.02. The first-order valence-electron chi connectivity index (χ1n) is 9.94. The molecule has 0 radical (unpaired) electrons. The zero-order valence-electron chi connectivity index (χ0n) is 16.3. The number of unbranched alkanes of at least 4 members (excludes halogenated alkanes) is 1. The van der Waals surface area contributed by atoms with E-state index in [0.717, 1.165) is 29.2 Å². The summed E-state index contributed by atoms with van der Waals surface area (Å²) < 4.78 is 0. The molecule has 4 nitrogen and oxygen atoms in total. The van der Waals surface area contributed by atoms with Gasteiger partial charge in [0.2, 0.25) is 0 Å². The van der Waals surface area contributed by atoms with E-state index in [1.54, 1.807) is 11.0 Å². The minimum Gasteiger partial charge on any atom is -0.507 e. The lowest BCUT2D eigenvalue weighted by molar-refractivity contribution is -0.139. The van der Waals surface area contributed by atoms with Gasteiger partial charge in [0.1, 0.15) is 5.76 Å². The van der Waals surface area contributed by atoms with Gasteiger partial charge < -0.3 is 10.0 Å². The predicted octanol–water partition coefficient (Wildman–Crippen LogP) is 5.06. The third-order valence-electron chi connectivity index (χ3n) is 5.43. The second-order valence-electron chi connectivity index (χ2n) is 7.32. The van der Waals surface area contributed by atoms with Crippen molar-refractivity contribution < 1.29 is 14.7 Å². The number of Topliss-reactive ketones (excluding diaryl/α,β-unsaturated/α-hetero) is 1. The Morgan fingerprint density at radius 1 is 0.931 bits per heavy atom. The highest BCUT2D eigenvalue weighted by atomic mass is 16.3. The normalized spacial score (nSPS) is 18.5. The molecule has 3 aromatic rings. The van der Waals surface area contributed by atoms with E-state index in [9.17, 15) is 14.7 Å². The molecule has 4 heteroatoms. The van der Waals surface area contributed by atoms with Gasteiger partial charge in [0.25, 0.3) is 11.7 Å². The fourth-order valence-corrected chi connectivity index (χ4v) is 3.91. The highest BCUT2D eigenvalue weighted by Crippen LogP contribution is 2.39. The van der Waals surface area contributed by atoms with Crippen molar-refractivity contribution in [2.45, 2.75) is 25.8 Å². The van der Waals surface area contributed by atoms with Crippen LogP contribution < -0.4 is 0 Å². The van der Waals surface area contributed by atoms with Gasteiger partial charge in [-0.1, -0.05) is 80.1 Å². The van der Waals surface area contributed by atoms with Gasteiger partial charge in [-0.05, 0) is 28.8 Å². The molecule has 1 N–H and O–H groups in total. The lowest BCUT2D eigenvalue weighted by Crippen LogP contribution is -2.30. The van der Waals surface area contributed by atoms with Crippen molar-refractivity contribution in [1.29, 1.82) is 0 Å². The summed E-state index contributed by atoms with van der Waals surface area (Å²) in [5.41, 5.74) is 1.52. The Morgan fingerprint density at radius 2 is 1.62 bits per heavy atom. The third-order valence-corrected chi connectivity index (χ3v) is 5.43. The standard InChI is InChI=1S/C25H23NO3/c1-2-3-15-26-22(18-10-5-4-6-11-18)21(24(28)25(26)29)23(27)20-14-13-17-9-7-8-12-19(17)16-20/h4-14,16,22,27H,2-3,15H2,1H3/b23-21-. The Morgan fingerprint density at radius 3 is 2.34 bits per heavy atom. The van der Waals surface area contributed by atoms with Gasteiger partial charge in [-0.15, -0.1) is 0 Å². The summed E-state index contributed by atoms with van der Waals surface area (Å²) in [6.45, 7) is 2.53. The summed E-state index contributed by atoms with van der Waals surface area (Å²) in [6.07, 6.45) is 1.71. The number of ketones is 1. The largest absolute Gasteiger partial charge is 0.507 e. The van der Waals surface area contributed by atoms with Crippen molar-refractivity contribution in [3.8, 4) is 0 Å². The number of rotatable bonds is 5. The van der Waals surface area contributed by atoms with Crippen molar-refractivity contribution in [2.75, 3.05) is 6.54 Å². The molecule has 1 atom stereocenters. The Balaban J connectivity index is 1.87. The molecule has 3 aromatic carbocycles. The molecule has 0 bridgehead atoms. The minimum atomic E-state index is -0.624. The molecule has 0 saturated carbocycles. The number of nitrogens with zero attached hydrogens (tertiary/aromatic N) is 1. The summed E-state index contributed by atoms with van der Waals surface area (Å²) in [5.74, 6) is -1.29. The summed E-state index contributed by atoms with van der Waals surface area (Å²) >= 11 is 0. The van der Waals surface area contributed by atoms with Crippen LogP contribution in [0.5, 0.6) is 0 Å². The monoisotopic (exact) mass is 385 g/mol. The smallest absolute Gasteiger partial charge is 0.295 e. The van der Waals surface area contributed by atoms with Crippen LogP contribution in [-0.2, 0) is 9.59 Å². The van der Waals surface area contributed by atoms with Crippen LogP contribution in [0.25, 0.3) is 16.5 Å². The van der Waals surface area contributed by atoms with E-state index >= 15 is 0 Å². The van der Waals surface area contributed by atoms with Crippen LogP contribution in [0.3, 0.4) is 0 Å². The third kappa shape index (κ3) is 3.42. The van der Waals surface area contributed by atoms with Crippen molar-refractivity contribution in [1.82, 2.24) is 4.90 Å². The lowest BCUT2D eigenvalue weighted by Gasteiger charge is -2.25. The van der Waals surface area contributed by atoms with Crippen molar-refractivity contribution in [2.24, 2.45) is 0 Å². The summed E-state index contributed by atoms with van der Waals surface area (Å²) in [7, 11) is 0. The van der Waals surface area contributed by atoms with Crippen LogP contribution in [0.1, 0.15) is 36.9 Å². The SMILES string of the molecule is CCCCN1C(=O)C(=O)/C(=C(\O)c2ccc3ccccc3c2)C1c1ccccc1. The van der Waals surface area contributed by atoms with Gasteiger partial charge in [-0.3, -0.25) is 9.59 Å². The zero-order chi connectivity index (χ0) is 20.4. The molecule has 1 amide bonds. The Kier molecular flexibility index (Phi) is 5.17. The summed E-state index contributed by atoms with van der Waals surface area (Å²) in [4.78, 5) is 27.3. The zero-order valence-corrected chi connectivity index (χ0v) is 16.3. The lowest BCUT2D eigenvalue weighted by atomic mass is 9.94. The van der Waals surface area contributed by atoms with Crippen LogP contribution in [0.4, 0.5) is 0 Å². The molecule has 1 aliphatic rings. The Hall–Kier alpha value is -3.40. The van der Waals surface area contributed by atoms with Gasteiger partial charge in [0.15, 0.2) is 0 Å². The van der Waals surface area contributed by atoms with E-state index in [1.165, 1.54) is 0 Å². The van der Waals surface area contributed by atoms with E-state index in [2.05, 4.69) is 0 Å². The molecule has 1 heterocycles. The van der Waals surface area contributed by atoms with E-state index < -0.39 is 17.7 Å². The maximum absolute atomic E-state index is 12.9. The number of aliphatic hydroxyl groups is 1. The fourth-order valence-electron chi connectivity index (χ4n) is 3.91. The van der Waals surface area contributed by atoms with Crippen LogP contribution in [-0.4, -0.2) is 28.2 Å². The molecule has 4 rings (SSSR count). The molecule has 0 spiro atoms. The Bertz CT molecular complexity index is 1100. The summed E-state index contributed by atoms with van der Waals surface area (Å²) in [5, 5.41) is 13.1. The van der Waals surface area contributed by atoms with Crippen LogP contribution in [0.2, 0.25) is 0 Å². The molecule has 1 fully saturated rings.